The Hall–Kier alpha value is -2.78. The summed E-state index contributed by atoms with van der Waals surface area (Å²) < 4.78 is 13.8. The molecule has 0 atom stereocenters. The SMILES string of the molecule is N#Cc1cccc(CNCc2ccc([N+](=O)[O-])cc2)c1F. The van der Waals surface area contributed by atoms with Gasteiger partial charge in [0.05, 0.1) is 10.5 Å². The standard InChI is InChI=1S/C15H12FN3O2/c16-15-12(8-17)2-1-3-13(15)10-18-9-11-4-6-14(7-5-11)19(20)21/h1-7,18H,9-10H2. The summed E-state index contributed by atoms with van der Waals surface area (Å²) in [5, 5.41) is 22.3. The zero-order valence-electron chi connectivity index (χ0n) is 11.0. The molecule has 0 amide bonds. The van der Waals surface area contributed by atoms with E-state index in [1.54, 1.807) is 30.3 Å². The van der Waals surface area contributed by atoms with Crippen LogP contribution >= 0.6 is 0 Å². The lowest BCUT2D eigenvalue weighted by Crippen LogP contribution is -2.14. The van der Waals surface area contributed by atoms with E-state index in [0.29, 0.717) is 12.1 Å². The Morgan fingerprint density at radius 1 is 1.19 bits per heavy atom. The molecule has 6 heteroatoms. The number of nitriles is 1. The lowest BCUT2D eigenvalue weighted by atomic mass is 10.1. The highest BCUT2D eigenvalue weighted by molar-refractivity contribution is 5.35. The fourth-order valence-corrected chi connectivity index (χ4v) is 1.88. The Balaban J connectivity index is 1.96. The third-order valence-electron chi connectivity index (χ3n) is 2.99. The van der Waals surface area contributed by atoms with E-state index in [9.17, 15) is 14.5 Å². The maximum atomic E-state index is 13.8. The monoisotopic (exact) mass is 285 g/mol. The van der Waals surface area contributed by atoms with Crippen LogP contribution in [0.25, 0.3) is 0 Å². The molecule has 0 aliphatic carbocycles. The van der Waals surface area contributed by atoms with Gasteiger partial charge in [0.2, 0.25) is 0 Å². The van der Waals surface area contributed by atoms with E-state index in [2.05, 4.69) is 5.32 Å². The smallest absolute Gasteiger partial charge is 0.269 e. The van der Waals surface area contributed by atoms with Crippen molar-refractivity contribution >= 4 is 5.69 Å². The minimum atomic E-state index is -0.517. The maximum absolute atomic E-state index is 13.8. The quantitative estimate of drug-likeness (QED) is 0.676. The molecule has 0 heterocycles. The number of nitro groups is 1. The Kier molecular flexibility index (Phi) is 4.59. The molecule has 21 heavy (non-hydrogen) atoms. The first-order chi connectivity index (χ1) is 10.1. The second-order valence-electron chi connectivity index (χ2n) is 4.42. The highest BCUT2D eigenvalue weighted by Gasteiger charge is 2.07. The minimum absolute atomic E-state index is 0.0182. The van der Waals surface area contributed by atoms with Gasteiger partial charge in [0.25, 0.3) is 5.69 Å². The minimum Gasteiger partial charge on any atom is -0.309 e. The van der Waals surface area contributed by atoms with Crippen molar-refractivity contribution in [3.8, 4) is 6.07 Å². The summed E-state index contributed by atoms with van der Waals surface area (Å²) in [5.74, 6) is -0.517. The summed E-state index contributed by atoms with van der Waals surface area (Å²) in [5.41, 5.74) is 1.32. The second-order valence-corrected chi connectivity index (χ2v) is 4.42. The van der Waals surface area contributed by atoms with Crippen LogP contribution in [0.2, 0.25) is 0 Å². The molecule has 0 aliphatic heterocycles. The van der Waals surface area contributed by atoms with E-state index in [-0.39, 0.29) is 17.8 Å². The third kappa shape index (κ3) is 3.61. The molecular weight excluding hydrogens is 273 g/mol. The summed E-state index contributed by atoms with van der Waals surface area (Å²) in [7, 11) is 0. The fourth-order valence-electron chi connectivity index (χ4n) is 1.88. The molecule has 0 saturated carbocycles. The van der Waals surface area contributed by atoms with Crippen LogP contribution in [0, 0.1) is 27.3 Å². The summed E-state index contributed by atoms with van der Waals surface area (Å²) in [4.78, 5) is 10.1. The van der Waals surface area contributed by atoms with Gasteiger partial charge in [-0.3, -0.25) is 10.1 Å². The van der Waals surface area contributed by atoms with Crippen molar-refractivity contribution in [2.45, 2.75) is 13.1 Å². The zero-order chi connectivity index (χ0) is 15.2. The number of non-ortho nitro benzene ring substituents is 1. The number of hydrogen-bond donors (Lipinski definition) is 1. The molecule has 0 fully saturated rings. The normalized spacial score (nSPS) is 10.1. The summed E-state index contributed by atoms with van der Waals surface area (Å²) in [6, 6.07) is 12.6. The van der Waals surface area contributed by atoms with Crippen LogP contribution in [-0.2, 0) is 13.1 Å². The van der Waals surface area contributed by atoms with Crippen molar-refractivity contribution in [3.05, 3.63) is 75.1 Å². The molecule has 0 aliphatic rings. The molecule has 106 valence electrons. The van der Waals surface area contributed by atoms with Crippen molar-refractivity contribution < 1.29 is 9.31 Å². The first-order valence-corrected chi connectivity index (χ1v) is 6.23. The number of nitro benzene ring substituents is 1. The van der Waals surface area contributed by atoms with Gasteiger partial charge in [0.1, 0.15) is 11.9 Å². The van der Waals surface area contributed by atoms with Crippen molar-refractivity contribution in [2.24, 2.45) is 0 Å². The largest absolute Gasteiger partial charge is 0.309 e. The number of hydrogen-bond acceptors (Lipinski definition) is 4. The Bertz CT molecular complexity index is 693. The van der Waals surface area contributed by atoms with E-state index < -0.39 is 10.7 Å². The van der Waals surface area contributed by atoms with Gasteiger partial charge in [0, 0.05) is 30.8 Å². The number of benzene rings is 2. The highest BCUT2D eigenvalue weighted by Crippen LogP contribution is 2.13. The average Bonchev–Trinajstić information content (AvgIpc) is 2.49. The number of rotatable bonds is 5. The molecule has 0 unspecified atom stereocenters. The predicted molar refractivity (Wildman–Crippen MR) is 74.8 cm³/mol. The Morgan fingerprint density at radius 3 is 2.52 bits per heavy atom. The molecule has 0 spiro atoms. The molecule has 5 nitrogen and oxygen atoms in total. The van der Waals surface area contributed by atoms with Crippen molar-refractivity contribution in [3.63, 3.8) is 0 Å². The van der Waals surface area contributed by atoms with Crippen LogP contribution in [0.3, 0.4) is 0 Å². The number of halogens is 1. The molecule has 2 aromatic carbocycles. The second kappa shape index (κ2) is 6.59. The first-order valence-electron chi connectivity index (χ1n) is 6.23. The molecule has 1 N–H and O–H groups in total. The van der Waals surface area contributed by atoms with Crippen molar-refractivity contribution in [1.82, 2.24) is 5.32 Å². The zero-order valence-corrected chi connectivity index (χ0v) is 11.0. The molecule has 2 aromatic rings. The molecular formula is C15H12FN3O2. The van der Waals surface area contributed by atoms with Crippen LogP contribution in [0.1, 0.15) is 16.7 Å². The Labute approximate surface area is 120 Å². The van der Waals surface area contributed by atoms with Gasteiger partial charge in [0.15, 0.2) is 0 Å². The fraction of sp³-hybridized carbons (Fsp3) is 0.133. The van der Waals surface area contributed by atoms with Gasteiger partial charge in [-0.15, -0.1) is 0 Å². The first kappa shape index (κ1) is 14.6. The van der Waals surface area contributed by atoms with Gasteiger partial charge in [-0.2, -0.15) is 5.26 Å². The maximum Gasteiger partial charge on any atom is 0.269 e. The van der Waals surface area contributed by atoms with Gasteiger partial charge >= 0.3 is 0 Å². The topological polar surface area (TPSA) is 79.0 Å². The average molecular weight is 285 g/mol. The predicted octanol–water partition coefficient (Wildman–Crippen LogP) is 2.90. The van der Waals surface area contributed by atoms with E-state index in [4.69, 9.17) is 5.26 Å². The molecule has 0 saturated heterocycles. The van der Waals surface area contributed by atoms with Crippen LogP contribution in [0.5, 0.6) is 0 Å². The van der Waals surface area contributed by atoms with E-state index in [1.165, 1.54) is 18.2 Å². The lowest BCUT2D eigenvalue weighted by Gasteiger charge is -2.07. The van der Waals surface area contributed by atoms with E-state index >= 15 is 0 Å². The third-order valence-corrected chi connectivity index (χ3v) is 2.99. The molecule has 0 radical (unpaired) electrons. The van der Waals surface area contributed by atoms with Gasteiger partial charge in [-0.1, -0.05) is 24.3 Å². The number of nitrogens with one attached hydrogen (secondary N) is 1. The summed E-state index contributed by atoms with van der Waals surface area (Å²) >= 11 is 0. The van der Waals surface area contributed by atoms with Crippen LogP contribution in [-0.4, -0.2) is 4.92 Å². The van der Waals surface area contributed by atoms with E-state index in [1.807, 2.05) is 0 Å². The molecule has 2 rings (SSSR count). The summed E-state index contributed by atoms with van der Waals surface area (Å²) in [6.45, 7) is 0.729. The van der Waals surface area contributed by atoms with Gasteiger partial charge in [-0.05, 0) is 11.6 Å². The highest BCUT2D eigenvalue weighted by atomic mass is 19.1. The molecule has 0 aromatic heterocycles. The van der Waals surface area contributed by atoms with Gasteiger partial charge < -0.3 is 5.32 Å². The van der Waals surface area contributed by atoms with Gasteiger partial charge in [-0.25, -0.2) is 4.39 Å². The molecule has 0 bridgehead atoms. The summed E-state index contributed by atoms with van der Waals surface area (Å²) in [6.07, 6.45) is 0. The van der Waals surface area contributed by atoms with Crippen molar-refractivity contribution in [2.75, 3.05) is 0 Å². The van der Waals surface area contributed by atoms with E-state index in [0.717, 1.165) is 5.56 Å². The van der Waals surface area contributed by atoms with Crippen LogP contribution < -0.4 is 5.32 Å². The van der Waals surface area contributed by atoms with Crippen molar-refractivity contribution in [1.29, 1.82) is 5.26 Å². The Morgan fingerprint density at radius 2 is 1.90 bits per heavy atom. The van der Waals surface area contributed by atoms with Crippen LogP contribution in [0.4, 0.5) is 10.1 Å². The lowest BCUT2D eigenvalue weighted by molar-refractivity contribution is -0.384. The number of nitrogens with zero attached hydrogens (tertiary/aromatic N) is 2. The van der Waals surface area contributed by atoms with Crippen LogP contribution in [0.15, 0.2) is 42.5 Å².